The fourth-order valence-corrected chi connectivity index (χ4v) is 1.81. The molecule has 1 amide bonds. The number of H-pyrrole nitrogens is 1. The van der Waals surface area contributed by atoms with Crippen molar-refractivity contribution in [1.82, 2.24) is 15.5 Å². The number of allylic oxidation sites excluding steroid dienone is 1. The number of para-hydroxylation sites is 1. The molecule has 1 aromatic carbocycles. The summed E-state index contributed by atoms with van der Waals surface area (Å²) in [4.78, 5) is 12.1. The molecule has 0 fully saturated rings. The zero-order valence-corrected chi connectivity index (χ0v) is 13.8. The fourth-order valence-electron chi connectivity index (χ4n) is 1.81. The third-order valence-electron chi connectivity index (χ3n) is 2.86. The number of halogens is 3. The van der Waals surface area contributed by atoms with E-state index in [1.54, 1.807) is 13.0 Å². The largest absolute Gasteiger partial charge is 0.573 e. The van der Waals surface area contributed by atoms with Gasteiger partial charge in [-0.1, -0.05) is 18.7 Å². The van der Waals surface area contributed by atoms with Gasteiger partial charge in [0.15, 0.2) is 0 Å². The van der Waals surface area contributed by atoms with Crippen LogP contribution in [0.2, 0.25) is 0 Å². The van der Waals surface area contributed by atoms with Gasteiger partial charge in [0.05, 0.1) is 23.5 Å². The second-order valence-corrected chi connectivity index (χ2v) is 4.79. The summed E-state index contributed by atoms with van der Waals surface area (Å²) in [5.74, 6) is -1.24. The Labute approximate surface area is 142 Å². The molecule has 0 saturated heterocycles. The minimum absolute atomic E-state index is 0.0828. The van der Waals surface area contributed by atoms with Crippen molar-refractivity contribution in [2.75, 3.05) is 7.05 Å². The average Bonchev–Trinajstić information content (AvgIpc) is 3.03. The Morgan fingerprint density at radius 1 is 1.36 bits per heavy atom. The highest BCUT2D eigenvalue weighted by atomic mass is 19.4. The molecule has 0 saturated carbocycles. The molecule has 0 spiro atoms. The van der Waals surface area contributed by atoms with Crippen LogP contribution >= 0.6 is 0 Å². The second kappa shape index (κ2) is 8.88. The molecule has 0 aliphatic rings. The van der Waals surface area contributed by atoms with Crippen LogP contribution in [0.5, 0.6) is 5.75 Å². The monoisotopic (exact) mass is 356 g/mol. The normalized spacial score (nSPS) is 10.5. The molecule has 0 unspecified atom stereocenters. The molecule has 9 heteroatoms. The summed E-state index contributed by atoms with van der Waals surface area (Å²) in [6.07, 6.45) is -4.86. The molecule has 136 valence electrons. The summed E-state index contributed by atoms with van der Waals surface area (Å²) in [6.45, 7) is 5.60. The quantitative estimate of drug-likeness (QED) is 0.768. The Kier molecular flexibility index (Phi) is 7.19. The van der Waals surface area contributed by atoms with Crippen molar-refractivity contribution in [2.45, 2.75) is 19.8 Å². The molecule has 1 aromatic heterocycles. The summed E-state index contributed by atoms with van der Waals surface area (Å²) >= 11 is 0. The lowest BCUT2D eigenvalue weighted by Gasteiger charge is -2.12. The van der Waals surface area contributed by atoms with Crippen molar-refractivity contribution in [1.29, 1.82) is 0 Å². The Bertz CT molecular complexity index is 726. The van der Waals surface area contributed by atoms with Gasteiger partial charge in [0.2, 0.25) is 0 Å². The number of rotatable bonds is 5. The van der Waals surface area contributed by atoms with Gasteiger partial charge in [-0.15, -0.1) is 13.2 Å². The highest BCUT2D eigenvalue weighted by molar-refractivity contribution is 5.96. The molecule has 0 atom stereocenters. The lowest BCUT2D eigenvalue weighted by Crippen LogP contribution is -2.25. The van der Waals surface area contributed by atoms with Crippen molar-refractivity contribution in [3.05, 3.63) is 53.9 Å². The molecule has 0 radical (unpaired) electrons. The predicted molar refractivity (Wildman–Crippen MR) is 87.7 cm³/mol. The first-order valence-electron chi connectivity index (χ1n) is 7.17. The number of aromatic nitrogens is 2. The molecular formula is C16H19F3N4O2. The van der Waals surface area contributed by atoms with Crippen molar-refractivity contribution in [3.63, 3.8) is 0 Å². The van der Waals surface area contributed by atoms with Gasteiger partial charge in [0.1, 0.15) is 5.75 Å². The summed E-state index contributed by atoms with van der Waals surface area (Å²) in [5.41, 5.74) is 6.30. The molecule has 0 aliphatic carbocycles. The van der Waals surface area contributed by atoms with E-state index in [-0.39, 0.29) is 12.1 Å². The van der Waals surface area contributed by atoms with Crippen LogP contribution in [0.3, 0.4) is 0 Å². The number of nitrogens with two attached hydrogens (primary N) is 1. The molecule has 2 aromatic rings. The summed E-state index contributed by atoms with van der Waals surface area (Å²) < 4.78 is 40.9. The van der Waals surface area contributed by atoms with Crippen molar-refractivity contribution in [2.24, 2.45) is 5.73 Å². The minimum atomic E-state index is -4.86. The van der Waals surface area contributed by atoms with Crippen molar-refractivity contribution < 1.29 is 22.7 Å². The Morgan fingerprint density at radius 3 is 2.56 bits per heavy atom. The maximum Gasteiger partial charge on any atom is 0.573 e. The topological polar surface area (TPSA) is 93.0 Å². The van der Waals surface area contributed by atoms with E-state index in [1.807, 2.05) is 0 Å². The van der Waals surface area contributed by atoms with Crippen molar-refractivity contribution >= 4 is 11.5 Å². The van der Waals surface area contributed by atoms with Gasteiger partial charge in [-0.2, -0.15) is 5.10 Å². The highest BCUT2D eigenvalue weighted by Crippen LogP contribution is 2.26. The number of alkyl halides is 3. The first-order chi connectivity index (χ1) is 11.8. The van der Waals surface area contributed by atoms with E-state index >= 15 is 0 Å². The third-order valence-corrected chi connectivity index (χ3v) is 2.86. The number of hydrogen-bond donors (Lipinski definition) is 3. The maximum absolute atomic E-state index is 12.3. The van der Waals surface area contributed by atoms with Gasteiger partial charge < -0.3 is 15.8 Å². The van der Waals surface area contributed by atoms with Crippen LogP contribution in [-0.4, -0.2) is 29.5 Å². The Hall–Kier alpha value is -2.81. The van der Waals surface area contributed by atoms with E-state index in [4.69, 9.17) is 0 Å². The molecular weight excluding hydrogens is 337 g/mol. The van der Waals surface area contributed by atoms with Crippen LogP contribution in [0.1, 0.15) is 28.7 Å². The van der Waals surface area contributed by atoms with Crippen LogP contribution in [0.25, 0.3) is 5.57 Å². The van der Waals surface area contributed by atoms with Gasteiger partial charge in [-0.25, -0.2) is 0 Å². The smallest absolute Gasteiger partial charge is 0.405 e. The molecule has 2 rings (SSSR count). The Balaban J connectivity index is 0.00000151. The van der Waals surface area contributed by atoms with E-state index in [9.17, 15) is 18.0 Å². The number of aromatic amines is 1. The van der Waals surface area contributed by atoms with Gasteiger partial charge >= 0.3 is 6.36 Å². The van der Waals surface area contributed by atoms with Gasteiger partial charge in [0, 0.05) is 0 Å². The van der Waals surface area contributed by atoms with Gasteiger partial charge in [-0.3, -0.25) is 9.89 Å². The van der Waals surface area contributed by atoms with E-state index in [0.29, 0.717) is 11.4 Å². The van der Waals surface area contributed by atoms with Gasteiger partial charge in [0.25, 0.3) is 5.91 Å². The van der Waals surface area contributed by atoms with Crippen molar-refractivity contribution in [3.8, 4) is 5.75 Å². The van der Waals surface area contributed by atoms with Crippen LogP contribution in [0.15, 0.2) is 36.9 Å². The summed E-state index contributed by atoms with van der Waals surface area (Å²) in [7, 11) is 1.50. The lowest BCUT2D eigenvalue weighted by molar-refractivity contribution is -0.274. The van der Waals surface area contributed by atoms with E-state index in [1.165, 1.54) is 25.2 Å². The van der Waals surface area contributed by atoms with E-state index in [0.717, 1.165) is 11.6 Å². The summed E-state index contributed by atoms with van der Waals surface area (Å²) in [5, 5.41) is 9.20. The molecule has 0 aliphatic heterocycles. The molecule has 4 N–H and O–H groups in total. The fraction of sp³-hybridized carbons (Fsp3) is 0.250. The lowest BCUT2D eigenvalue weighted by atomic mass is 10.2. The zero-order valence-electron chi connectivity index (χ0n) is 13.8. The molecule has 1 heterocycles. The summed E-state index contributed by atoms with van der Waals surface area (Å²) in [6, 6.07) is 6.83. The van der Waals surface area contributed by atoms with Crippen LogP contribution in [0, 0.1) is 0 Å². The van der Waals surface area contributed by atoms with E-state index in [2.05, 4.69) is 32.6 Å². The Morgan fingerprint density at radius 2 is 2.00 bits per heavy atom. The maximum atomic E-state index is 12.3. The average molecular weight is 356 g/mol. The number of amides is 1. The second-order valence-electron chi connectivity index (χ2n) is 4.79. The number of carbonyl (C=O) groups excluding carboxylic acids is 1. The number of nitrogens with one attached hydrogen (secondary N) is 2. The highest BCUT2D eigenvalue weighted by Gasteiger charge is 2.32. The SMILES string of the molecule is C=C(C)c1cc(CNC(=O)c2ccccc2OC(F)(F)F)[nH]n1.CN. The number of ether oxygens (including phenoxy) is 1. The number of nitrogens with zero attached hydrogens (tertiary/aromatic N) is 1. The predicted octanol–water partition coefficient (Wildman–Crippen LogP) is 2.85. The first kappa shape index (κ1) is 20.2. The number of carbonyl (C=O) groups is 1. The standard InChI is InChI=1S/C15H14F3N3O2.CH5N/c1-9(2)12-7-10(20-21-12)8-19-14(22)11-5-3-4-6-13(11)23-15(16,17)18;1-2/h3-7H,1,8H2,2H3,(H,19,22)(H,20,21);2H2,1H3. The van der Waals surface area contributed by atoms with Crippen LogP contribution < -0.4 is 15.8 Å². The van der Waals surface area contributed by atoms with E-state index < -0.39 is 18.0 Å². The minimum Gasteiger partial charge on any atom is -0.405 e. The third kappa shape index (κ3) is 6.30. The molecule has 0 bridgehead atoms. The first-order valence-corrected chi connectivity index (χ1v) is 7.17. The van der Waals surface area contributed by atoms with Gasteiger partial charge in [-0.05, 0) is 37.7 Å². The van der Waals surface area contributed by atoms with Crippen LogP contribution in [0.4, 0.5) is 13.2 Å². The number of benzene rings is 1. The molecule has 25 heavy (non-hydrogen) atoms. The molecule has 6 nitrogen and oxygen atoms in total. The van der Waals surface area contributed by atoms with Crippen LogP contribution in [-0.2, 0) is 6.54 Å². The zero-order chi connectivity index (χ0) is 19.0. The number of hydrogen-bond acceptors (Lipinski definition) is 4.